The first-order valence-corrected chi connectivity index (χ1v) is 12.0. The Kier molecular flexibility index (Phi) is 8.19. The van der Waals surface area contributed by atoms with Gasteiger partial charge < -0.3 is 19.1 Å². The summed E-state index contributed by atoms with van der Waals surface area (Å²) < 4.78 is 13.4. The van der Waals surface area contributed by atoms with Gasteiger partial charge in [0.25, 0.3) is 5.56 Å². The molecule has 1 heterocycles. The molecule has 1 atom stereocenters. The number of ether oxygens (including phenoxy) is 2. The van der Waals surface area contributed by atoms with Crippen LogP contribution in [0.2, 0.25) is 0 Å². The minimum absolute atomic E-state index is 0.0652. The lowest BCUT2D eigenvalue weighted by molar-refractivity contribution is -0.145. The van der Waals surface area contributed by atoms with Gasteiger partial charge in [0, 0.05) is 29.9 Å². The van der Waals surface area contributed by atoms with Crippen molar-refractivity contribution in [3.63, 3.8) is 0 Å². The van der Waals surface area contributed by atoms with E-state index in [-0.39, 0.29) is 5.56 Å². The molecule has 0 spiro atoms. The number of nitrogens with zero attached hydrogens (tertiary/aromatic N) is 1. The van der Waals surface area contributed by atoms with Crippen LogP contribution in [0.15, 0.2) is 102 Å². The molecule has 0 aliphatic carbocycles. The number of hydrogen-bond donors (Lipinski definition) is 1. The normalized spacial score (nSPS) is 11.6. The zero-order valence-corrected chi connectivity index (χ0v) is 20.2. The summed E-state index contributed by atoms with van der Waals surface area (Å²) in [6.45, 7) is 2.33. The predicted octanol–water partition coefficient (Wildman–Crippen LogP) is 6.18. The van der Waals surface area contributed by atoms with E-state index >= 15 is 0 Å². The third kappa shape index (κ3) is 6.42. The molecule has 0 aliphatic rings. The number of aromatic nitrogens is 1. The van der Waals surface area contributed by atoms with Gasteiger partial charge in [-0.05, 0) is 61.2 Å². The third-order valence-corrected chi connectivity index (χ3v) is 5.84. The Morgan fingerprint density at radius 3 is 2.44 bits per heavy atom. The fraction of sp³-hybridized carbons (Fsp3) is 0.200. The molecule has 0 saturated heterocycles. The molecule has 0 bridgehead atoms. The number of carboxylic acid groups (broad SMARTS) is 1. The maximum atomic E-state index is 12.5. The van der Waals surface area contributed by atoms with E-state index in [1.54, 1.807) is 23.6 Å². The number of carbonyl (C=O) groups is 1. The Balaban J connectivity index is 1.45. The molecule has 0 fully saturated rings. The lowest BCUT2D eigenvalue weighted by atomic mass is 10.1. The molecule has 4 rings (SSSR count). The van der Waals surface area contributed by atoms with Crippen molar-refractivity contribution < 1.29 is 19.4 Å². The molecular weight excluding hydrogens is 454 g/mol. The van der Waals surface area contributed by atoms with Crippen LogP contribution in [0, 0.1) is 0 Å². The van der Waals surface area contributed by atoms with Crippen LogP contribution in [-0.4, -0.2) is 21.7 Å². The SMILES string of the molecule is CCC(Oc1cccc(CCCn2cc(-c3ccccc3Oc3ccccc3)ccc2=O)c1)C(=O)O. The van der Waals surface area contributed by atoms with E-state index < -0.39 is 12.1 Å². The van der Waals surface area contributed by atoms with Gasteiger partial charge in [0.15, 0.2) is 6.10 Å². The summed E-state index contributed by atoms with van der Waals surface area (Å²) in [6, 6.07) is 28.2. The predicted molar refractivity (Wildman–Crippen MR) is 140 cm³/mol. The van der Waals surface area contributed by atoms with Crippen molar-refractivity contribution in [2.45, 2.75) is 38.8 Å². The van der Waals surface area contributed by atoms with E-state index in [1.165, 1.54) is 0 Å². The summed E-state index contributed by atoms with van der Waals surface area (Å²) in [4.78, 5) is 23.8. The van der Waals surface area contributed by atoms with Crippen LogP contribution < -0.4 is 15.0 Å². The van der Waals surface area contributed by atoms with Gasteiger partial charge >= 0.3 is 5.97 Å². The summed E-state index contributed by atoms with van der Waals surface area (Å²) in [7, 11) is 0. The second-order valence-electron chi connectivity index (χ2n) is 8.46. The minimum atomic E-state index is -0.974. The zero-order valence-electron chi connectivity index (χ0n) is 20.2. The number of carboxylic acids is 1. The highest BCUT2D eigenvalue weighted by Crippen LogP contribution is 2.32. The lowest BCUT2D eigenvalue weighted by Gasteiger charge is -2.14. The van der Waals surface area contributed by atoms with Gasteiger partial charge in [-0.1, -0.05) is 55.5 Å². The van der Waals surface area contributed by atoms with Crippen molar-refractivity contribution in [1.82, 2.24) is 4.57 Å². The number of rotatable bonds is 11. The minimum Gasteiger partial charge on any atom is -0.479 e. The van der Waals surface area contributed by atoms with E-state index in [0.717, 1.165) is 41.0 Å². The summed E-state index contributed by atoms with van der Waals surface area (Å²) in [5.41, 5.74) is 2.77. The fourth-order valence-electron chi connectivity index (χ4n) is 3.98. The van der Waals surface area contributed by atoms with Gasteiger partial charge in [0.2, 0.25) is 0 Å². The number of hydrogen-bond acceptors (Lipinski definition) is 4. The van der Waals surface area contributed by atoms with E-state index in [9.17, 15) is 14.7 Å². The maximum absolute atomic E-state index is 12.5. The van der Waals surface area contributed by atoms with Gasteiger partial charge in [0.05, 0.1) is 0 Å². The van der Waals surface area contributed by atoms with Gasteiger partial charge in [-0.3, -0.25) is 4.79 Å². The highest BCUT2D eigenvalue weighted by atomic mass is 16.5. The molecule has 0 saturated carbocycles. The molecule has 6 nitrogen and oxygen atoms in total. The van der Waals surface area contributed by atoms with Gasteiger partial charge in [-0.2, -0.15) is 0 Å². The quantitative estimate of drug-likeness (QED) is 0.276. The van der Waals surface area contributed by atoms with Crippen molar-refractivity contribution in [3.8, 4) is 28.4 Å². The Labute approximate surface area is 210 Å². The Morgan fingerprint density at radius 1 is 0.917 bits per heavy atom. The van der Waals surface area contributed by atoms with E-state index in [0.29, 0.717) is 18.7 Å². The molecule has 184 valence electrons. The second kappa shape index (κ2) is 11.9. The van der Waals surface area contributed by atoms with Crippen LogP contribution >= 0.6 is 0 Å². The van der Waals surface area contributed by atoms with Gasteiger partial charge in [-0.25, -0.2) is 4.79 Å². The van der Waals surface area contributed by atoms with Crippen molar-refractivity contribution in [2.24, 2.45) is 0 Å². The van der Waals surface area contributed by atoms with Crippen molar-refractivity contribution in [3.05, 3.63) is 113 Å². The Morgan fingerprint density at radius 2 is 1.67 bits per heavy atom. The highest BCUT2D eigenvalue weighted by Gasteiger charge is 2.16. The average Bonchev–Trinajstić information content (AvgIpc) is 2.89. The highest BCUT2D eigenvalue weighted by molar-refractivity contribution is 5.72. The molecule has 6 heteroatoms. The monoisotopic (exact) mass is 483 g/mol. The third-order valence-electron chi connectivity index (χ3n) is 5.84. The van der Waals surface area contributed by atoms with Crippen LogP contribution in [0.3, 0.4) is 0 Å². The molecule has 36 heavy (non-hydrogen) atoms. The van der Waals surface area contributed by atoms with Crippen LogP contribution in [0.4, 0.5) is 0 Å². The first-order chi connectivity index (χ1) is 17.5. The standard InChI is InChI=1S/C30H29NO5/c1-2-27(30(33)34)36-25-14-8-10-22(20-25)11-9-19-31-21-23(17-18-29(31)32)26-15-6-7-16-28(26)35-24-12-4-3-5-13-24/h3-8,10,12-18,20-21,27H,2,9,11,19H2,1H3,(H,33,34). The largest absolute Gasteiger partial charge is 0.479 e. The number of para-hydroxylation sites is 2. The first-order valence-electron chi connectivity index (χ1n) is 12.0. The lowest BCUT2D eigenvalue weighted by Crippen LogP contribution is -2.25. The molecular formula is C30H29NO5. The average molecular weight is 484 g/mol. The van der Waals surface area contributed by atoms with Crippen molar-refractivity contribution in [1.29, 1.82) is 0 Å². The zero-order chi connectivity index (χ0) is 25.3. The van der Waals surface area contributed by atoms with Crippen molar-refractivity contribution >= 4 is 5.97 Å². The molecule has 0 aliphatic heterocycles. The first kappa shape index (κ1) is 24.8. The molecule has 3 aromatic carbocycles. The van der Waals surface area contributed by atoms with Crippen LogP contribution in [-0.2, 0) is 17.8 Å². The number of pyridine rings is 1. The van der Waals surface area contributed by atoms with Gasteiger partial charge in [0.1, 0.15) is 17.2 Å². The molecule has 1 unspecified atom stereocenters. The van der Waals surface area contributed by atoms with Crippen LogP contribution in [0.5, 0.6) is 17.2 Å². The summed E-state index contributed by atoms with van der Waals surface area (Å²) in [5.74, 6) is 1.03. The Bertz CT molecular complexity index is 1360. The van der Waals surface area contributed by atoms with E-state index in [4.69, 9.17) is 9.47 Å². The molecule has 1 aromatic heterocycles. The van der Waals surface area contributed by atoms with Crippen LogP contribution in [0.25, 0.3) is 11.1 Å². The molecule has 0 amide bonds. The topological polar surface area (TPSA) is 77.8 Å². The summed E-state index contributed by atoms with van der Waals surface area (Å²) in [5, 5.41) is 9.23. The van der Waals surface area contributed by atoms with Crippen LogP contribution in [0.1, 0.15) is 25.3 Å². The molecule has 4 aromatic rings. The smallest absolute Gasteiger partial charge is 0.344 e. The fourth-order valence-corrected chi connectivity index (χ4v) is 3.98. The van der Waals surface area contributed by atoms with E-state index in [1.807, 2.05) is 85.1 Å². The number of aliphatic carboxylic acids is 1. The summed E-state index contributed by atoms with van der Waals surface area (Å²) in [6.07, 6.45) is 2.86. The molecule has 1 N–H and O–H groups in total. The number of aryl methyl sites for hydroxylation is 2. The molecule has 0 radical (unpaired) electrons. The van der Waals surface area contributed by atoms with Crippen molar-refractivity contribution in [2.75, 3.05) is 0 Å². The van der Waals surface area contributed by atoms with Gasteiger partial charge in [-0.15, -0.1) is 0 Å². The second-order valence-corrected chi connectivity index (χ2v) is 8.46. The number of benzene rings is 3. The Hall–Kier alpha value is -4.32. The summed E-state index contributed by atoms with van der Waals surface area (Å²) >= 11 is 0. The van der Waals surface area contributed by atoms with E-state index in [2.05, 4.69) is 0 Å². The maximum Gasteiger partial charge on any atom is 0.344 e.